The van der Waals surface area contributed by atoms with Gasteiger partial charge in [0.25, 0.3) is 0 Å². The lowest BCUT2D eigenvalue weighted by Crippen LogP contribution is -2.26. The Morgan fingerprint density at radius 1 is 1.55 bits per heavy atom. The summed E-state index contributed by atoms with van der Waals surface area (Å²) in [5.74, 6) is 0.510. The second kappa shape index (κ2) is 2.72. The SMILES string of the molecule is NC(=S)C1C[C@@H]2CCCN2C1. The van der Waals surface area contributed by atoms with E-state index in [-0.39, 0.29) is 0 Å². The van der Waals surface area contributed by atoms with Gasteiger partial charge in [-0.25, -0.2) is 0 Å². The molecule has 0 saturated carbocycles. The largest absolute Gasteiger partial charge is 0.393 e. The number of fused-ring (bicyclic) bond motifs is 1. The van der Waals surface area contributed by atoms with E-state index in [0.717, 1.165) is 17.6 Å². The first-order chi connectivity index (χ1) is 5.27. The maximum absolute atomic E-state index is 5.61. The lowest BCUT2D eigenvalue weighted by atomic mass is 10.0. The van der Waals surface area contributed by atoms with Crippen LogP contribution in [0.4, 0.5) is 0 Å². The van der Waals surface area contributed by atoms with Gasteiger partial charge in [-0.15, -0.1) is 0 Å². The molecule has 2 aliphatic heterocycles. The average Bonchev–Trinajstić information content (AvgIpc) is 2.40. The fourth-order valence-electron chi connectivity index (χ4n) is 2.29. The second-order valence-electron chi connectivity index (χ2n) is 3.63. The first-order valence-corrected chi connectivity index (χ1v) is 4.71. The van der Waals surface area contributed by atoms with E-state index in [4.69, 9.17) is 18.0 Å². The van der Waals surface area contributed by atoms with Gasteiger partial charge in [0, 0.05) is 18.5 Å². The third-order valence-electron chi connectivity index (χ3n) is 2.91. The van der Waals surface area contributed by atoms with E-state index < -0.39 is 0 Å². The molecule has 2 aliphatic rings. The molecule has 3 heteroatoms. The normalized spacial score (nSPS) is 37.5. The van der Waals surface area contributed by atoms with Gasteiger partial charge in [0.15, 0.2) is 0 Å². The minimum absolute atomic E-state index is 0.510. The highest BCUT2D eigenvalue weighted by molar-refractivity contribution is 7.80. The molecule has 2 nitrogen and oxygen atoms in total. The minimum Gasteiger partial charge on any atom is -0.393 e. The molecule has 0 aromatic rings. The number of thiocarbonyl (C=S) groups is 1. The van der Waals surface area contributed by atoms with E-state index in [1.807, 2.05) is 0 Å². The molecule has 2 N–H and O–H groups in total. The van der Waals surface area contributed by atoms with Crippen molar-refractivity contribution in [2.45, 2.75) is 25.3 Å². The molecule has 2 rings (SSSR count). The summed E-state index contributed by atoms with van der Waals surface area (Å²) in [5.41, 5.74) is 5.61. The number of nitrogens with two attached hydrogens (primary N) is 1. The van der Waals surface area contributed by atoms with Crippen molar-refractivity contribution in [3.05, 3.63) is 0 Å². The monoisotopic (exact) mass is 170 g/mol. The summed E-state index contributed by atoms with van der Waals surface area (Å²) in [5, 5.41) is 0. The van der Waals surface area contributed by atoms with Crippen molar-refractivity contribution in [1.82, 2.24) is 4.90 Å². The summed E-state index contributed by atoms with van der Waals surface area (Å²) in [6.45, 7) is 2.39. The number of rotatable bonds is 1. The molecular weight excluding hydrogens is 156 g/mol. The van der Waals surface area contributed by atoms with Crippen LogP contribution in [0.5, 0.6) is 0 Å². The van der Waals surface area contributed by atoms with Crippen molar-refractivity contribution < 1.29 is 0 Å². The first-order valence-electron chi connectivity index (χ1n) is 4.31. The summed E-state index contributed by atoms with van der Waals surface area (Å²) < 4.78 is 0. The molecule has 0 amide bonds. The first kappa shape index (κ1) is 7.50. The number of hydrogen-bond acceptors (Lipinski definition) is 2. The van der Waals surface area contributed by atoms with Crippen LogP contribution in [0.1, 0.15) is 19.3 Å². The highest BCUT2D eigenvalue weighted by Gasteiger charge is 2.35. The second-order valence-corrected chi connectivity index (χ2v) is 4.10. The molecule has 0 aromatic heterocycles. The van der Waals surface area contributed by atoms with Gasteiger partial charge in [0.2, 0.25) is 0 Å². The summed E-state index contributed by atoms with van der Waals surface area (Å²) in [6, 6.07) is 0.807. The molecule has 2 heterocycles. The fourth-order valence-corrected chi connectivity index (χ4v) is 2.47. The van der Waals surface area contributed by atoms with Gasteiger partial charge in [0.05, 0.1) is 4.99 Å². The van der Waals surface area contributed by atoms with Crippen molar-refractivity contribution in [3.8, 4) is 0 Å². The highest BCUT2D eigenvalue weighted by Crippen LogP contribution is 2.31. The zero-order chi connectivity index (χ0) is 7.84. The molecule has 0 spiro atoms. The zero-order valence-corrected chi connectivity index (χ0v) is 7.44. The summed E-state index contributed by atoms with van der Waals surface area (Å²) in [6.07, 6.45) is 3.95. The van der Waals surface area contributed by atoms with Gasteiger partial charge in [-0.3, -0.25) is 4.90 Å². The van der Waals surface area contributed by atoms with Gasteiger partial charge in [-0.1, -0.05) is 12.2 Å². The van der Waals surface area contributed by atoms with Gasteiger partial charge in [-0.05, 0) is 25.8 Å². The quantitative estimate of drug-likeness (QED) is 0.589. The average molecular weight is 170 g/mol. The third-order valence-corrected chi connectivity index (χ3v) is 3.25. The van der Waals surface area contributed by atoms with E-state index in [1.54, 1.807) is 0 Å². The Bertz CT molecular complexity index is 169. The van der Waals surface area contributed by atoms with E-state index >= 15 is 0 Å². The van der Waals surface area contributed by atoms with Crippen LogP contribution in [-0.4, -0.2) is 29.0 Å². The van der Waals surface area contributed by atoms with Crippen LogP contribution in [0.25, 0.3) is 0 Å². The van der Waals surface area contributed by atoms with Gasteiger partial charge >= 0.3 is 0 Å². The van der Waals surface area contributed by atoms with Crippen LogP contribution in [0, 0.1) is 5.92 Å². The Morgan fingerprint density at radius 2 is 2.36 bits per heavy atom. The molecule has 1 unspecified atom stereocenters. The molecule has 0 aliphatic carbocycles. The van der Waals surface area contributed by atoms with Crippen molar-refractivity contribution >= 4 is 17.2 Å². The zero-order valence-electron chi connectivity index (χ0n) is 6.62. The van der Waals surface area contributed by atoms with Gasteiger partial charge in [-0.2, -0.15) is 0 Å². The Morgan fingerprint density at radius 3 is 3.00 bits per heavy atom. The van der Waals surface area contributed by atoms with Crippen molar-refractivity contribution in [3.63, 3.8) is 0 Å². The number of nitrogens with zero attached hydrogens (tertiary/aromatic N) is 1. The predicted octanol–water partition coefficient (Wildman–Crippen LogP) is 0.757. The van der Waals surface area contributed by atoms with E-state index in [2.05, 4.69) is 4.90 Å². The molecule has 11 heavy (non-hydrogen) atoms. The van der Waals surface area contributed by atoms with Crippen LogP contribution >= 0.6 is 12.2 Å². The lowest BCUT2D eigenvalue weighted by molar-refractivity contribution is 0.322. The molecule has 0 aromatic carbocycles. The predicted molar refractivity (Wildman–Crippen MR) is 49.5 cm³/mol. The molecular formula is C8H14N2S. The summed E-state index contributed by atoms with van der Waals surface area (Å²) in [7, 11) is 0. The smallest absolute Gasteiger partial charge is 0.0772 e. The maximum Gasteiger partial charge on any atom is 0.0772 e. The Hall–Kier alpha value is -0.150. The molecule has 2 fully saturated rings. The highest BCUT2D eigenvalue weighted by atomic mass is 32.1. The maximum atomic E-state index is 5.61. The van der Waals surface area contributed by atoms with Crippen LogP contribution in [0.3, 0.4) is 0 Å². The van der Waals surface area contributed by atoms with Crippen molar-refractivity contribution in [2.75, 3.05) is 13.1 Å². The topological polar surface area (TPSA) is 29.3 Å². The Balaban J connectivity index is 1.99. The molecule has 0 radical (unpaired) electrons. The van der Waals surface area contributed by atoms with Gasteiger partial charge < -0.3 is 5.73 Å². The van der Waals surface area contributed by atoms with Crippen LogP contribution < -0.4 is 5.73 Å². The standard InChI is InChI=1S/C8H14N2S/c9-8(11)6-4-7-2-1-3-10(7)5-6/h6-7H,1-5H2,(H2,9,11)/t6?,7-/m0/s1. The van der Waals surface area contributed by atoms with Crippen LogP contribution in [0.2, 0.25) is 0 Å². The van der Waals surface area contributed by atoms with Crippen LogP contribution in [0.15, 0.2) is 0 Å². The Kier molecular flexibility index (Phi) is 1.85. The molecule has 0 bridgehead atoms. The van der Waals surface area contributed by atoms with E-state index in [1.165, 1.54) is 25.8 Å². The van der Waals surface area contributed by atoms with E-state index in [9.17, 15) is 0 Å². The summed E-state index contributed by atoms with van der Waals surface area (Å²) >= 11 is 4.98. The van der Waals surface area contributed by atoms with Crippen molar-refractivity contribution in [2.24, 2.45) is 11.7 Å². The lowest BCUT2D eigenvalue weighted by Gasteiger charge is -2.12. The van der Waals surface area contributed by atoms with Gasteiger partial charge in [0.1, 0.15) is 0 Å². The summed E-state index contributed by atoms with van der Waals surface area (Å²) in [4.78, 5) is 3.25. The third kappa shape index (κ3) is 1.27. The Labute approximate surface area is 72.7 Å². The number of hydrogen-bond donors (Lipinski definition) is 1. The molecule has 2 saturated heterocycles. The fraction of sp³-hybridized carbons (Fsp3) is 0.875. The molecule has 2 atom stereocenters. The van der Waals surface area contributed by atoms with Crippen molar-refractivity contribution in [1.29, 1.82) is 0 Å². The molecule has 62 valence electrons. The van der Waals surface area contributed by atoms with E-state index in [0.29, 0.717) is 5.92 Å². The van der Waals surface area contributed by atoms with Crippen LogP contribution in [-0.2, 0) is 0 Å². The minimum atomic E-state index is 0.510.